The van der Waals surface area contributed by atoms with E-state index in [0.29, 0.717) is 19.3 Å². The lowest BCUT2D eigenvalue weighted by atomic mass is 9.68. The third-order valence-corrected chi connectivity index (χ3v) is 5.59. The SMILES string of the molecule is NCC1(c2ccccc2Cl)CCC(OC/C=C/c2ccccc2)CC1. The van der Waals surface area contributed by atoms with Gasteiger partial charge in [-0.1, -0.05) is 72.3 Å². The van der Waals surface area contributed by atoms with Crippen molar-refractivity contribution < 1.29 is 4.74 Å². The molecule has 1 saturated carbocycles. The van der Waals surface area contributed by atoms with Gasteiger partial charge in [0.2, 0.25) is 0 Å². The molecule has 0 aliphatic heterocycles. The maximum Gasteiger partial charge on any atom is 0.0654 e. The van der Waals surface area contributed by atoms with Gasteiger partial charge in [-0.05, 0) is 42.9 Å². The number of nitrogens with two attached hydrogens (primary N) is 1. The van der Waals surface area contributed by atoms with Crippen LogP contribution in [0.5, 0.6) is 0 Å². The summed E-state index contributed by atoms with van der Waals surface area (Å²) in [6.45, 7) is 1.29. The predicted molar refractivity (Wildman–Crippen MR) is 106 cm³/mol. The van der Waals surface area contributed by atoms with Gasteiger partial charge < -0.3 is 10.5 Å². The summed E-state index contributed by atoms with van der Waals surface area (Å²) >= 11 is 6.43. The minimum atomic E-state index is -0.00190. The molecule has 0 amide bonds. The molecule has 1 aliphatic rings. The van der Waals surface area contributed by atoms with Crippen LogP contribution in [0.1, 0.15) is 36.8 Å². The average molecular weight is 356 g/mol. The molecule has 0 radical (unpaired) electrons. The summed E-state index contributed by atoms with van der Waals surface area (Å²) in [6, 6.07) is 18.4. The van der Waals surface area contributed by atoms with Gasteiger partial charge in [0.25, 0.3) is 0 Å². The van der Waals surface area contributed by atoms with E-state index < -0.39 is 0 Å². The Balaban J connectivity index is 1.53. The van der Waals surface area contributed by atoms with E-state index in [1.807, 2.05) is 30.3 Å². The van der Waals surface area contributed by atoms with Crippen LogP contribution in [0.4, 0.5) is 0 Å². The standard InChI is InChI=1S/C22H26ClNO/c23-21-11-5-4-10-20(21)22(17-24)14-12-19(13-15-22)25-16-6-9-18-7-2-1-3-8-18/h1-11,19H,12-17,24H2/b9-6+. The van der Waals surface area contributed by atoms with Crippen LogP contribution in [-0.4, -0.2) is 19.3 Å². The van der Waals surface area contributed by atoms with E-state index in [4.69, 9.17) is 22.1 Å². The fourth-order valence-electron chi connectivity index (χ4n) is 3.73. The Labute approximate surface area is 155 Å². The first-order valence-corrected chi connectivity index (χ1v) is 9.40. The van der Waals surface area contributed by atoms with Crippen molar-refractivity contribution in [2.24, 2.45) is 5.73 Å². The molecule has 0 heterocycles. The maximum absolute atomic E-state index is 6.43. The molecule has 2 nitrogen and oxygen atoms in total. The second-order valence-electron chi connectivity index (χ2n) is 6.81. The first-order valence-electron chi connectivity index (χ1n) is 9.02. The summed E-state index contributed by atoms with van der Waals surface area (Å²) in [5, 5.41) is 0.832. The summed E-state index contributed by atoms with van der Waals surface area (Å²) in [5.41, 5.74) is 8.56. The molecule has 2 aromatic carbocycles. The fourth-order valence-corrected chi connectivity index (χ4v) is 4.06. The molecule has 132 valence electrons. The lowest BCUT2D eigenvalue weighted by Crippen LogP contribution is -2.41. The van der Waals surface area contributed by atoms with Gasteiger partial charge in [-0.3, -0.25) is 0 Å². The molecule has 0 spiro atoms. The highest BCUT2D eigenvalue weighted by molar-refractivity contribution is 6.31. The maximum atomic E-state index is 6.43. The molecule has 2 aromatic rings. The van der Waals surface area contributed by atoms with Crippen molar-refractivity contribution in [3.8, 4) is 0 Å². The number of hydrogen-bond donors (Lipinski definition) is 1. The molecule has 0 aromatic heterocycles. The summed E-state index contributed by atoms with van der Waals surface area (Å²) in [7, 11) is 0. The summed E-state index contributed by atoms with van der Waals surface area (Å²) in [6.07, 6.45) is 8.62. The van der Waals surface area contributed by atoms with E-state index in [1.165, 1.54) is 11.1 Å². The molecule has 3 rings (SSSR count). The summed E-state index contributed by atoms with van der Waals surface area (Å²) in [5.74, 6) is 0. The average Bonchev–Trinajstić information content (AvgIpc) is 2.67. The Kier molecular flexibility index (Phi) is 6.30. The van der Waals surface area contributed by atoms with E-state index in [0.717, 1.165) is 30.7 Å². The van der Waals surface area contributed by atoms with Gasteiger partial charge in [-0.2, -0.15) is 0 Å². The van der Waals surface area contributed by atoms with Crippen LogP contribution in [0, 0.1) is 0 Å². The van der Waals surface area contributed by atoms with Gasteiger partial charge in [0.1, 0.15) is 0 Å². The largest absolute Gasteiger partial charge is 0.374 e. The zero-order valence-corrected chi connectivity index (χ0v) is 15.3. The Morgan fingerprint density at radius 2 is 1.72 bits per heavy atom. The van der Waals surface area contributed by atoms with Crippen LogP contribution in [0.2, 0.25) is 5.02 Å². The Morgan fingerprint density at radius 1 is 1.04 bits per heavy atom. The van der Waals surface area contributed by atoms with E-state index in [9.17, 15) is 0 Å². The van der Waals surface area contributed by atoms with E-state index in [2.05, 4.69) is 36.4 Å². The smallest absolute Gasteiger partial charge is 0.0654 e. The first kappa shape index (κ1) is 18.2. The van der Waals surface area contributed by atoms with Crippen molar-refractivity contribution in [3.63, 3.8) is 0 Å². The molecule has 1 aliphatic carbocycles. The highest BCUT2D eigenvalue weighted by Crippen LogP contribution is 2.42. The van der Waals surface area contributed by atoms with Crippen molar-refractivity contribution in [2.75, 3.05) is 13.2 Å². The van der Waals surface area contributed by atoms with Crippen LogP contribution in [0.3, 0.4) is 0 Å². The number of benzene rings is 2. The van der Waals surface area contributed by atoms with Gasteiger partial charge in [0.05, 0.1) is 12.7 Å². The zero-order chi connectivity index (χ0) is 17.5. The Hall–Kier alpha value is -1.61. The van der Waals surface area contributed by atoms with Crippen molar-refractivity contribution >= 4 is 17.7 Å². The molecular formula is C22H26ClNO. The number of ether oxygens (including phenoxy) is 1. The highest BCUT2D eigenvalue weighted by Gasteiger charge is 2.37. The molecule has 1 fully saturated rings. The van der Waals surface area contributed by atoms with Crippen molar-refractivity contribution in [1.82, 2.24) is 0 Å². The van der Waals surface area contributed by atoms with Crippen LogP contribution < -0.4 is 5.73 Å². The fraction of sp³-hybridized carbons (Fsp3) is 0.364. The van der Waals surface area contributed by atoms with Crippen molar-refractivity contribution in [2.45, 2.75) is 37.2 Å². The van der Waals surface area contributed by atoms with Gasteiger partial charge in [-0.15, -0.1) is 0 Å². The molecule has 3 heteroatoms. The Bertz CT molecular complexity index is 690. The van der Waals surface area contributed by atoms with E-state index in [1.54, 1.807) is 0 Å². The minimum absolute atomic E-state index is 0.00190. The van der Waals surface area contributed by atoms with Crippen LogP contribution in [0.25, 0.3) is 6.08 Å². The molecule has 0 saturated heterocycles. The summed E-state index contributed by atoms with van der Waals surface area (Å²) in [4.78, 5) is 0. The van der Waals surface area contributed by atoms with Gasteiger partial charge in [0.15, 0.2) is 0 Å². The van der Waals surface area contributed by atoms with Crippen LogP contribution >= 0.6 is 11.6 Å². The van der Waals surface area contributed by atoms with E-state index in [-0.39, 0.29) is 5.41 Å². The van der Waals surface area contributed by atoms with Gasteiger partial charge in [-0.25, -0.2) is 0 Å². The molecule has 0 bridgehead atoms. The van der Waals surface area contributed by atoms with Crippen LogP contribution in [0.15, 0.2) is 60.7 Å². The molecule has 25 heavy (non-hydrogen) atoms. The summed E-state index contributed by atoms with van der Waals surface area (Å²) < 4.78 is 6.05. The van der Waals surface area contributed by atoms with Crippen molar-refractivity contribution in [3.05, 3.63) is 76.8 Å². The number of halogens is 1. The van der Waals surface area contributed by atoms with Gasteiger partial charge >= 0.3 is 0 Å². The molecular weight excluding hydrogens is 330 g/mol. The number of hydrogen-bond acceptors (Lipinski definition) is 2. The second kappa shape index (κ2) is 8.66. The third-order valence-electron chi connectivity index (χ3n) is 5.26. The number of rotatable bonds is 6. The van der Waals surface area contributed by atoms with Crippen molar-refractivity contribution in [1.29, 1.82) is 0 Å². The first-order chi connectivity index (χ1) is 12.2. The lowest BCUT2D eigenvalue weighted by Gasteiger charge is -2.40. The molecule has 0 atom stereocenters. The second-order valence-corrected chi connectivity index (χ2v) is 7.22. The highest BCUT2D eigenvalue weighted by atomic mass is 35.5. The van der Waals surface area contributed by atoms with Gasteiger partial charge in [0, 0.05) is 17.0 Å². The third kappa shape index (κ3) is 4.52. The quantitative estimate of drug-likeness (QED) is 0.772. The van der Waals surface area contributed by atoms with E-state index >= 15 is 0 Å². The van der Waals surface area contributed by atoms with Crippen LogP contribution in [-0.2, 0) is 10.2 Å². The monoisotopic (exact) mass is 355 g/mol. The Morgan fingerprint density at radius 3 is 2.40 bits per heavy atom. The lowest BCUT2D eigenvalue weighted by molar-refractivity contribution is 0.0290. The predicted octanol–water partition coefficient (Wildman–Crippen LogP) is 5.21. The molecule has 2 N–H and O–H groups in total. The topological polar surface area (TPSA) is 35.2 Å². The minimum Gasteiger partial charge on any atom is -0.374 e. The normalized spacial score (nSPS) is 23.8. The zero-order valence-electron chi connectivity index (χ0n) is 14.5. The molecule has 0 unspecified atom stereocenters.